The van der Waals surface area contributed by atoms with Crippen molar-refractivity contribution in [3.05, 3.63) is 64.7 Å². The van der Waals surface area contributed by atoms with E-state index in [0.29, 0.717) is 18.0 Å². The lowest BCUT2D eigenvalue weighted by Crippen LogP contribution is -2.34. The second kappa shape index (κ2) is 6.43. The van der Waals surface area contributed by atoms with Gasteiger partial charge in [-0.05, 0) is 41.3 Å². The van der Waals surface area contributed by atoms with E-state index in [1.54, 1.807) is 35.0 Å². The highest BCUT2D eigenvalue weighted by Gasteiger charge is 2.28. The van der Waals surface area contributed by atoms with Gasteiger partial charge in [0.05, 0.1) is 18.4 Å². The summed E-state index contributed by atoms with van der Waals surface area (Å²) in [6.45, 7) is 0.615. The zero-order valence-corrected chi connectivity index (χ0v) is 13.4. The Kier molecular flexibility index (Phi) is 3.96. The zero-order valence-electron chi connectivity index (χ0n) is 13.4. The normalized spacial score (nSPS) is 15.8. The topological polar surface area (TPSA) is 92.3 Å². The van der Waals surface area contributed by atoms with E-state index in [1.807, 2.05) is 0 Å². The molecule has 0 aliphatic carbocycles. The Hall–Kier alpha value is -3.49. The Morgan fingerprint density at radius 1 is 1.27 bits per heavy atom. The van der Waals surface area contributed by atoms with Gasteiger partial charge in [0.15, 0.2) is 6.10 Å². The molecule has 0 saturated heterocycles. The molecule has 0 bridgehead atoms. The first kappa shape index (κ1) is 16.0. The number of ether oxygens (including phenoxy) is 2. The number of halogens is 1. The smallest absolute Gasteiger partial charge is 0.414 e. The van der Waals surface area contributed by atoms with Gasteiger partial charge < -0.3 is 19.6 Å². The van der Waals surface area contributed by atoms with Crippen molar-refractivity contribution in [2.75, 3.05) is 6.61 Å². The maximum atomic E-state index is 13.0. The van der Waals surface area contributed by atoms with Crippen LogP contribution >= 0.6 is 0 Å². The number of nitrogens with zero attached hydrogens (tertiary/aromatic N) is 4. The number of fused-ring (bicyclic) bond motifs is 1. The van der Waals surface area contributed by atoms with Crippen LogP contribution in [0.5, 0.6) is 11.8 Å². The van der Waals surface area contributed by atoms with E-state index < -0.39 is 4.92 Å². The molecule has 0 fully saturated rings. The lowest BCUT2D eigenvalue weighted by atomic mass is 10.1. The maximum Gasteiger partial charge on any atom is 0.414 e. The number of benzene rings is 1. The Morgan fingerprint density at radius 2 is 2.08 bits per heavy atom. The second-order valence-corrected chi connectivity index (χ2v) is 5.73. The summed E-state index contributed by atoms with van der Waals surface area (Å²) in [5.41, 5.74) is 1.50. The zero-order chi connectivity index (χ0) is 18.1. The predicted molar refractivity (Wildman–Crippen MR) is 88.4 cm³/mol. The van der Waals surface area contributed by atoms with E-state index in [4.69, 9.17) is 9.47 Å². The first-order valence-corrected chi connectivity index (χ1v) is 7.81. The van der Waals surface area contributed by atoms with E-state index in [-0.39, 0.29) is 30.4 Å². The lowest BCUT2D eigenvalue weighted by Gasteiger charge is -2.23. The van der Waals surface area contributed by atoms with Crippen LogP contribution in [-0.2, 0) is 6.54 Å². The molecule has 0 amide bonds. The lowest BCUT2D eigenvalue weighted by molar-refractivity contribution is -0.389. The quantitative estimate of drug-likeness (QED) is 0.527. The van der Waals surface area contributed by atoms with E-state index in [1.165, 1.54) is 18.3 Å². The molecule has 4 rings (SSSR count). The monoisotopic (exact) mass is 356 g/mol. The molecule has 1 aliphatic heterocycles. The van der Waals surface area contributed by atoms with Crippen LogP contribution in [-0.4, -0.2) is 32.2 Å². The molecule has 1 aromatic carbocycles. The van der Waals surface area contributed by atoms with Crippen LogP contribution in [0.25, 0.3) is 11.3 Å². The fourth-order valence-corrected chi connectivity index (χ4v) is 2.66. The van der Waals surface area contributed by atoms with Crippen molar-refractivity contribution in [2.45, 2.75) is 12.6 Å². The molecule has 2 aromatic heterocycles. The van der Waals surface area contributed by atoms with Crippen molar-refractivity contribution >= 4 is 5.82 Å². The first-order valence-electron chi connectivity index (χ1n) is 7.81. The van der Waals surface area contributed by atoms with Crippen LogP contribution in [0.4, 0.5) is 10.2 Å². The summed E-state index contributed by atoms with van der Waals surface area (Å²) in [6.07, 6.45) is 2.57. The summed E-state index contributed by atoms with van der Waals surface area (Å²) in [6, 6.07) is 9.81. The molecule has 132 valence electrons. The standard InChI is InChI=1S/C17H13FN4O4/c18-12-3-1-11(2-4-12)15-6-5-13(7-19-15)26-14-8-21-9-16(22(23)24)20-17(21)25-10-14/h1-7,9,14H,8,10H2/t14-/m1/s1. The fourth-order valence-electron chi connectivity index (χ4n) is 2.66. The third-order valence-electron chi connectivity index (χ3n) is 3.89. The molecule has 8 nitrogen and oxygen atoms in total. The van der Waals surface area contributed by atoms with Crippen LogP contribution in [0.15, 0.2) is 48.8 Å². The van der Waals surface area contributed by atoms with Crippen LogP contribution in [0, 0.1) is 15.9 Å². The third kappa shape index (κ3) is 3.18. The summed E-state index contributed by atoms with van der Waals surface area (Å²) in [5.74, 6) is -0.0152. The largest absolute Gasteiger partial charge is 0.483 e. The minimum absolute atomic E-state index is 0.210. The molecular weight excluding hydrogens is 343 g/mol. The van der Waals surface area contributed by atoms with Crippen molar-refractivity contribution in [1.82, 2.24) is 14.5 Å². The number of nitro groups is 1. The van der Waals surface area contributed by atoms with E-state index in [2.05, 4.69) is 9.97 Å². The average molecular weight is 356 g/mol. The SMILES string of the molecule is O=[N+]([O-])c1cn2c(n1)OC[C@H](Oc1ccc(-c3ccc(F)cc3)nc1)C2. The number of imidazole rings is 1. The van der Waals surface area contributed by atoms with Crippen molar-refractivity contribution in [3.63, 3.8) is 0 Å². The van der Waals surface area contributed by atoms with Crippen LogP contribution in [0.3, 0.4) is 0 Å². The number of hydrogen-bond donors (Lipinski definition) is 0. The minimum atomic E-state index is -0.567. The van der Waals surface area contributed by atoms with Gasteiger partial charge in [0.25, 0.3) is 0 Å². The molecule has 0 N–H and O–H groups in total. The number of hydrogen-bond acceptors (Lipinski definition) is 6. The van der Waals surface area contributed by atoms with Crippen molar-refractivity contribution in [2.24, 2.45) is 0 Å². The van der Waals surface area contributed by atoms with Crippen LogP contribution < -0.4 is 9.47 Å². The van der Waals surface area contributed by atoms with Crippen molar-refractivity contribution in [3.8, 4) is 23.0 Å². The van der Waals surface area contributed by atoms with Gasteiger partial charge in [-0.3, -0.25) is 9.55 Å². The maximum absolute atomic E-state index is 13.0. The highest BCUT2D eigenvalue weighted by atomic mass is 19.1. The van der Waals surface area contributed by atoms with Crippen molar-refractivity contribution < 1.29 is 18.8 Å². The minimum Gasteiger partial charge on any atom is -0.483 e. The van der Waals surface area contributed by atoms with Gasteiger partial charge in [-0.15, -0.1) is 0 Å². The molecule has 3 aromatic rings. The molecule has 1 aliphatic rings. The summed E-state index contributed by atoms with van der Waals surface area (Å²) < 4.78 is 25.8. The Labute approximate surface area is 147 Å². The molecule has 0 saturated carbocycles. The molecule has 1 atom stereocenters. The van der Waals surface area contributed by atoms with Crippen LogP contribution in [0.1, 0.15) is 0 Å². The summed E-state index contributed by atoms with van der Waals surface area (Å²) in [5, 5.41) is 10.8. The molecule has 0 spiro atoms. The molecule has 26 heavy (non-hydrogen) atoms. The van der Waals surface area contributed by atoms with E-state index >= 15 is 0 Å². The van der Waals surface area contributed by atoms with Gasteiger partial charge >= 0.3 is 11.8 Å². The Balaban J connectivity index is 1.44. The molecule has 3 heterocycles. The molecule has 0 radical (unpaired) electrons. The number of pyridine rings is 1. The Morgan fingerprint density at radius 3 is 2.77 bits per heavy atom. The summed E-state index contributed by atoms with van der Waals surface area (Å²) in [7, 11) is 0. The van der Waals surface area contributed by atoms with Gasteiger partial charge in [0.1, 0.15) is 24.4 Å². The highest BCUT2D eigenvalue weighted by molar-refractivity contribution is 5.59. The van der Waals surface area contributed by atoms with E-state index in [0.717, 1.165) is 5.56 Å². The average Bonchev–Trinajstić information content (AvgIpc) is 3.07. The number of aromatic nitrogens is 3. The Bertz CT molecular complexity index is 940. The van der Waals surface area contributed by atoms with Gasteiger partial charge in [-0.2, -0.15) is 0 Å². The summed E-state index contributed by atoms with van der Waals surface area (Å²) >= 11 is 0. The first-order chi connectivity index (χ1) is 12.6. The fraction of sp³-hybridized carbons (Fsp3) is 0.176. The highest BCUT2D eigenvalue weighted by Crippen LogP contribution is 2.24. The molecule has 0 unspecified atom stereocenters. The van der Waals surface area contributed by atoms with Gasteiger partial charge in [-0.1, -0.05) is 0 Å². The van der Waals surface area contributed by atoms with Gasteiger partial charge in [0.2, 0.25) is 0 Å². The second-order valence-electron chi connectivity index (χ2n) is 5.73. The van der Waals surface area contributed by atoms with Crippen molar-refractivity contribution in [1.29, 1.82) is 0 Å². The van der Waals surface area contributed by atoms with Crippen LogP contribution in [0.2, 0.25) is 0 Å². The van der Waals surface area contributed by atoms with E-state index in [9.17, 15) is 14.5 Å². The van der Waals surface area contributed by atoms with Gasteiger partial charge in [0, 0.05) is 10.5 Å². The summed E-state index contributed by atoms with van der Waals surface area (Å²) in [4.78, 5) is 18.3. The predicted octanol–water partition coefficient (Wildman–Crippen LogP) is 2.83. The third-order valence-corrected chi connectivity index (χ3v) is 3.89. The number of rotatable bonds is 4. The molecular formula is C17H13FN4O4. The van der Waals surface area contributed by atoms with Gasteiger partial charge in [-0.25, -0.2) is 4.39 Å². The molecule has 9 heteroatoms.